The van der Waals surface area contributed by atoms with E-state index in [1.807, 2.05) is 7.11 Å². The first-order valence-corrected chi connectivity index (χ1v) is 6.15. The second kappa shape index (κ2) is 6.46. The molecule has 1 aliphatic heterocycles. The van der Waals surface area contributed by atoms with Crippen LogP contribution in [-0.2, 0) is 4.74 Å². The van der Waals surface area contributed by atoms with Crippen LogP contribution in [0.15, 0.2) is 0 Å². The molecule has 0 radical (unpaired) electrons. The van der Waals surface area contributed by atoms with Gasteiger partial charge in [-0.3, -0.25) is 0 Å². The van der Waals surface area contributed by atoms with Crippen LogP contribution >= 0.6 is 0 Å². The van der Waals surface area contributed by atoms with Gasteiger partial charge >= 0.3 is 0 Å². The highest BCUT2D eigenvalue weighted by molar-refractivity contribution is 4.87. The summed E-state index contributed by atoms with van der Waals surface area (Å²) in [5.74, 6) is 0. The smallest absolute Gasteiger partial charge is 0.0531 e. The Labute approximate surface area is 94.0 Å². The van der Waals surface area contributed by atoms with Gasteiger partial charge in [0.15, 0.2) is 0 Å². The third-order valence-electron chi connectivity index (χ3n) is 3.55. The van der Waals surface area contributed by atoms with Crippen molar-refractivity contribution in [1.29, 1.82) is 0 Å². The van der Waals surface area contributed by atoms with E-state index in [1.165, 1.54) is 19.3 Å². The van der Waals surface area contributed by atoms with Gasteiger partial charge in [-0.05, 0) is 39.3 Å². The molecule has 90 valence electrons. The average molecular weight is 214 g/mol. The predicted octanol–water partition coefficient (Wildman–Crippen LogP) is 1.39. The highest BCUT2D eigenvalue weighted by Crippen LogP contribution is 2.28. The van der Waals surface area contributed by atoms with Crippen LogP contribution < -0.4 is 10.6 Å². The Hall–Kier alpha value is -0.120. The minimum Gasteiger partial charge on any atom is -0.384 e. The van der Waals surface area contributed by atoms with Crippen LogP contribution in [0.5, 0.6) is 0 Å². The Morgan fingerprint density at radius 3 is 2.60 bits per heavy atom. The van der Waals surface area contributed by atoms with E-state index in [4.69, 9.17) is 4.74 Å². The molecular formula is C12H26N2O. The maximum absolute atomic E-state index is 5.38. The second-order valence-corrected chi connectivity index (χ2v) is 4.87. The molecule has 0 bridgehead atoms. The number of methoxy groups -OCH3 is 1. The summed E-state index contributed by atoms with van der Waals surface area (Å²) < 4.78 is 5.38. The molecule has 1 fully saturated rings. The third-order valence-corrected chi connectivity index (χ3v) is 3.55. The van der Waals surface area contributed by atoms with Crippen molar-refractivity contribution >= 4 is 0 Å². The van der Waals surface area contributed by atoms with Gasteiger partial charge in [-0.25, -0.2) is 0 Å². The van der Waals surface area contributed by atoms with Gasteiger partial charge in [-0.1, -0.05) is 6.92 Å². The van der Waals surface area contributed by atoms with Crippen LogP contribution in [0.25, 0.3) is 0 Å². The molecule has 1 saturated heterocycles. The van der Waals surface area contributed by atoms with Gasteiger partial charge in [0.2, 0.25) is 0 Å². The van der Waals surface area contributed by atoms with Crippen LogP contribution in [0.4, 0.5) is 0 Å². The van der Waals surface area contributed by atoms with E-state index >= 15 is 0 Å². The molecule has 3 nitrogen and oxygen atoms in total. The zero-order chi connectivity index (χ0) is 11.1. The summed E-state index contributed by atoms with van der Waals surface area (Å²) in [4.78, 5) is 0. The van der Waals surface area contributed by atoms with Crippen LogP contribution in [0, 0.1) is 5.41 Å². The molecular weight excluding hydrogens is 188 g/mol. The Balaban J connectivity index is 2.41. The van der Waals surface area contributed by atoms with E-state index in [9.17, 15) is 0 Å². The van der Waals surface area contributed by atoms with Gasteiger partial charge in [0, 0.05) is 25.1 Å². The Bertz CT molecular complexity index is 161. The number of ether oxygens (including phenoxy) is 1. The van der Waals surface area contributed by atoms with E-state index in [0.717, 1.165) is 26.2 Å². The van der Waals surface area contributed by atoms with E-state index in [0.29, 0.717) is 11.5 Å². The lowest BCUT2D eigenvalue weighted by atomic mass is 9.79. The SMILES string of the molecule is CCC(C)NCC1(COC)CCNCC1. The van der Waals surface area contributed by atoms with Crippen molar-refractivity contribution in [2.24, 2.45) is 5.41 Å². The zero-order valence-corrected chi connectivity index (χ0v) is 10.4. The van der Waals surface area contributed by atoms with Crippen LogP contribution in [0.2, 0.25) is 0 Å². The fourth-order valence-corrected chi connectivity index (χ4v) is 2.17. The monoisotopic (exact) mass is 214 g/mol. The predicted molar refractivity (Wildman–Crippen MR) is 64.2 cm³/mol. The highest BCUT2D eigenvalue weighted by Gasteiger charge is 2.31. The van der Waals surface area contributed by atoms with Gasteiger partial charge in [0.1, 0.15) is 0 Å². The van der Waals surface area contributed by atoms with Crippen molar-refractivity contribution in [3.8, 4) is 0 Å². The van der Waals surface area contributed by atoms with E-state index in [1.54, 1.807) is 0 Å². The first-order valence-electron chi connectivity index (χ1n) is 6.15. The molecule has 0 saturated carbocycles. The summed E-state index contributed by atoms with van der Waals surface area (Å²) in [7, 11) is 1.81. The molecule has 0 aliphatic carbocycles. The van der Waals surface area contributed by atoms with Gasteiger partial charge < -0.3 is 15.4 Å². The number of piperidine rings is 1. The van der Waals surface area contributed by atoms with Gasteiger partial charge in [0.05, 0.1) is 6.61 Å². The fourth-order valence-electron chi connectivity index (χ4n) is 2.17. The normalized spacial score (nSPS) is 22.6. The van der Waals surface area contributed by atoms with E-state index < -0.39 is 0 Å². The number of rotatable bonds is 6. The molecule has 0 amide bonds. The largest absolute Gasteiger partial charge is 0.384 e. The van der Waals surface area contributed by atoms with Crippen molar-refractivity contribution in [1.82, 2.24) is 10.6 Å². The van der Waals surface area contributed by atoms with E-state index in [2.05, 4.69) is 24.5 Å². The lowest BCUT2D eigenvalue weighted by Gasteiger charge is -2.38. The van der Waals surface area contributed by atoms with Crippen LogP contribution in [0.1, 0.15) is 33.1 Å². The minimum absolute atomic E-state index is 0.365. The van der Waals surface area contributed by atoms with Crippen molar-refractivity contribution < 1.29 is 4.74 Å². The molecule has 3 heteroatoms. The second-order valence-electron chi connectivity index (χ2n) is 4.87. The number of nitrogens with one attached hydrogen (secondary N) is 2. The minimum atomic E-state index is 0.365. The van der Waals surface area contributed by atoms with Gasteiger partial charge in [-0.15, -0.1) is 0 Å². The first-order chi connectivity index (χ1) is 7.22. The molecule has 2 N–H and O–H groups in total. The molecule has 1 unspecified atom stereocenters. The molecule has 1 rings (SSSR count). The summed E-state index contributed by atoms with van der Waals surface area (Å²) in [6, 6.07) is 0.619. The Morgan fingerprint density at radius 2 is 2.07 bits per heavy atom. The molecule has 0 aromatic heterocycles. The lowest BCUT2D eigenvalue weighted by molar-refractivity contribution is 0.0518. The maximum atomic E-state index is 5.38. The summed E-state index contributed by atoms with van der Waals surface area (Å²) >= 11 is 0. The van der Waals surface area contributed by atoms with Crippen molar-refractivity contribution in [2.75, 3.05) is 33.4 Å². The van der Waals surface area contributed by atoms with Crippen molar-refractivity contribution in [2.45, 2.75) is 39.2 Å². The Kier molecular flexibility index (Phi) is 5.58. The lowest BCUT2D eigenvalue weighted by Crippen LogP contribution is -2.47. The molecule has 1 aliphatic rings. The average Bonchev–Trinajstić information content (AvgIpc) is 2.28. The number of hydrogen-bond donors (Lipinski definition) is 2. The van der Waals surface area contributed by atoms with E-state index in [-0.39, 0.29) is 0 Å². The molecule has 1 heterocycles. The topological polar surface area (TPSA) is 33.3 Å². The van der Waals surface area contributed by atoms with Gasteiger partial charge in [-0.2, -0.15) is 0 Å². The summed E-state index contributed by atoms with van der Waals surface area (Å²) in [6.45, 7) is 8.72. The quantitative estimate of drug-likeness (QED) is 0.701. The van der Waals surface area contributed by atoms with Crippen LogP contribution in [0.3, 0.4) is 0 Å². The van der Waals surface area contributed by atoms with Crippen LogP contribution in [-0.4, -0.2) is 39.4 Å². The molecule has 0 aromatic rings. The molecule has 15 heavy (non-hydrogen) atoms. The first kappa shape index (κ1) is 12.9. The van der Waals surface area contributed by atoms with Gasteiger partial charge in [0.25, 0.3) is 0 Å². The molecule has 0 spiro atoms. The standard InChI is InChI=1S/C12H26N2O/c1-4-11(2)14-9-12(10-15-3)5-7-13-8-6-12/h11,13-14H,4-10H2,1-3H3. The van der Waals surface area contributed by atoms with Crippen molar-refractivity contribution in [3.63, 3.8) is 0 Å². The summed E-state index contributed by atoms with van der Waals surface area (Å²) in [5, 5.41) is 7.04. The highest BCUT2D eigenvalue weighted by atomic mass is 16.5. The molecule has 0 aromatic carbocycles. The number of hydrogen-bond acceptors (Lipinski definition) is 3. The third kappa shape index (κ3) is 4.09. The molecule has 1 atom stereocenters. The summed E-state index contributed by atoms with van der Waals surface area (Å²) in [5.41, 5.74) is 0.365. The summed E-state index contributed by atoms with van der Waals surface area (Å²) in [6.07, 6.45) is 3.65. The Morgan fingerprint density at radius 1 is 1.40 bits per heavy atom. The maximum Gasteiger partial charge on any atom is 0.0531 e. The zero-order valence-electron chi connectivity index (χ0n) is 10.4. The fraction of sp³-hybridized carbons (Fsp3) is 1.00. The van der Waals surface area contributed by atoms with Crippen molar-refractivity contribution in [3.05, 3.63) is 0 Å².